The summed E-state index contributed by atoms with van der Waals surface area (Å²) in [5.74, 6) is -0.721. The molecule has 1 atom stereocenters. The number of hydrogen-bond acceptors (Lipinski definition) is 8. The molecular formula is C28H34FN5O6S. The number of carbonyl (C=O) groups excluding carboxylic acids is 1. The number of aliphatic hydroxyl groups excluding tert-OH is 1. The highest BCUT2D eigenvalue weighted by Crippen LogP contribution is 2.34. The topological polar surface area (TPSA) is 130 Å². The molecule has 1 amide bonds. The van der Waals surface area contributed by atoms with Crippen molar-refractivity contribution in [3.8, 4) is 10.8 Å². The Balaban J connectivity index is 2.03. The lowest BCUT2D eigenvalue weighted by Crippen LogP contribution is -2.56. The van der Waals surface area contributed by atoms with E-state index in [-0.39, 0.29) is 31.2 Å². The molecule has 0 aliphatic carbocycles. The Hall–Kier alpha value is -3.81. The van der Waals surface area contributed by atoms with Crippen molar-refractivity contribution < 1.29 is 23.8 Å². The number of amides is 1. The first-order valence-electron chi connectivity index (χ1n) is 13.1. The Kier molecular flexibility index (Phi) is 8.80. The zero-order valence-electron chi connectivity index (χ0n) is 23.8. The molecule has 0 aliphatic heterocycles. The maximum atomic E-state index is 14.4. The Bertz CT molecular complexity index is 1670. The highest BCUT2D eigenvalue weighted by molar-refractivity contribution is 7.21. The van der Waals surface area contributed by atoms with Crippen LogP contribution in [-0.2, 0) is 21.6 Å². The molecule has 0 spiro atoms. The van der Waals surface area contributed by atoms with Gasteiger partial charge < -0.3 is 19.9 Å². The lowest BCUT2D eigenvalue weighted by Gasteiger charge is -2.28. The SMILES string of the molecule is COc1ccc(F)cc1[C@H](Cn1c(=O)n(C(C)(C)C(=O)NC(C)C)c(=O)c2c(C)c(-n3cccn3)sc21)OCCO. The van der Waals surface area contributed by atoms with Crippen molar-refractivity contribution in [3.63, 3.8) is 0 Å². The fraction of sp³-hybridized carbons (Fsp3) is 0.429. The minimum Gasteiger partial charge on any atom is -0.496 e. The van der Waals surface area contributed by atoms with E-state index in [1.807, 2.05) is 0 Å². The molecule has 3 aromatic heterocycles. The molecule has 0 fully saturated rings. The van der Waals surface area contributed by atoms with Crippen LogP contribution < -0.4 is 21.3 Å². The number of rotatable bonds is 11. The second-order valence-corrected chi connectivity index (χ2v) is 11.3. The summed E-state index contributed by atoms with van der Waals surface area (Å²) < 4.78 is 29.7. The number of nitrogens with one attached hydrogen (secondary N) is 1. The van der Waals surface area contributed by atoms with Gasteiger partial charge in [0.1, 0.15) is 33.0 Å². The van der Waals surface area contributed by atoms with Gasteiger partial charge in [-0.05, 0) is 58.9 Å². The van der Waals surface area contributed by atoms with Crippen LogP contribution in [0.5, 0.6) is 5.75 Å². The minimum absolute atomic E-state index is 0.105. The molecule has 220 valence electrons. The smallest absolute Gasteiger partial charge is 0.333 e. The highest BCUT2D eigenvalue weighted by atomic mass is 32.1. The van der Waals surface area contributed by atoms with Crippen molar-refractivity contribution in [2.45, 2.75) is 58.8 Å². The summed E-state index contributed by atoms with van der Waals surface area (Å²) in [6.45, 7) is 7.75. The van der Waals surface area contributed by atoms with Gasteiger partial charge in [-0.3, -0.25) is 14.2 Å². The van der Waals surface area contributed by atoms with Gasteiger partial charge in [0, 0.05) is 29.6 Å². The molecule has 0 bridgehead atoms. The molecule has 2 N–H and O–H groups in total. The predicted molar refractivity (Wildman–Crippen MR) is 154 cm³/mol. The quantitative estimate of drug-likeness (QED) is 0.276. The number of aryl methyl sites for hydroxylation is 1. The summed E-state index contributed by atoms with van der Waals surface area (Å²) in [6, 6.07) is 5.45. The average Bonchev–Trinajstić information content (AvgIpc) is 3.56. The molecule has 0 saturated carbocycles. The number of benzene rings is 1. The number of aliphatic hydroxyl groups is 1. The van der Waals surface area contributed by atoms with Crippen LogP contribution >= 0.6 is 11.3 Å². The van der Waals surface area contributed by atoms with Crippen molar-refractivity contribution in [2.75, 3.05) is 20.3 Å². The van der Waals surface area contributed by atoms with Crippen LogP contribution in [0, 0.1) is 12.7 Å². The van der Waals surface area contributed by atoms with Crippen LogP contribution in [0.15, 0.2) is 46.2 Å². The molecule has 0 radical (unpaired) electrons. The number of fused-ring (bicyclic) bond motifs is 1. The molecule has 0 aliphatic rings. The van der Waals surface area contributed by atoms with E-state index >= 15 is 0 Å². The fourth-order valence-electron chi connectivity index (χ4n) is 4.69. The van der Waals surface area contributed by atoms with Crippen LogP contribution in [0.25, 0.3) is 15.2 Å². The highest BCUT2D eigenvalue weighted by Gasteiger charge is 2.36. The summed E-state index contributed by atoms with van der Waals surface area (Å²) >= 11 is 1.19. The summed E-state index contributed by atoms with van der Waals surface area (Å²) in [6.07, 6.45) is 2.37. The minimum atomic E-state index is -1.56. The van der Waals surface area contributed by atoms with Gasteiger partial charge in [0.2, 0.25) is 5.91 Å². The van der Waals surface area contributed by atoms with Gasteiger partial charge in [-0.2, -0.15) is 5.10 Å². The summed E-state index contributed by atoms with van der Waals surface area (Å²) in [7, 11) is 1.43. The van der Waals surface area contributed by atoms with E-state index in [0.717, 1.165) is 4.57 Å². The first kappa shape index (κ1) is 30.2. The standard InChI is InChI=1S/C28H34FN5O6S/c1-16(2)31-26(37)28(4,5)34-23(36)22-17(3)24(33-11-7-10-30-33)41-25(22)32(27(34)38)15-21(40-13-12-35)19-14-18(29)8-9-20(19)39-6/h7-11,14,16,21,35H,12-13,15H2,1-6H3,(H,31,37)/t21-/m0/s1. The van der Waals surface area contributed by atoms with E-state index in [4.69, 9.17) is 9.47 Å². The number of thiophene rings is 1. The Labute approximate surface area is 239 Å². The molecule has 4 rings (SSSR count). The van der Waals surface area contributed by atoms with E-state index < -0.39 is 34.6 Å². The first-order valence-corrected chi connectivity index (χ1v) is 13.9. The van der Waals surface area contributed by atoms with E-state index in [1.165, 1.54) is 55.1 Å². The third kappa shape index (κ3) is 5.69. The molecule has 0 saturated heterocycles. The molecular weight excluding hydrogens is 553 g/mol. The maximum Gasteiger partial charge on any atom is 0.333 e. The number of halogens is 1. The number of carbonyl (C=O) groups is 1. The zero-order valence-corrected chi connectivity index (χ0v) is 24.6. The van der Waals surface area contributed by atoms with Crippen LogP contribution in [0.4, 0.5) is 4.39 Å². The monoisotopic (exact) mass is 587 g/mol. The largest absolute Gasteiger partial charge is 0.496 e. The summed E-state index contributed by atoms with van der Waals surface area (Å²) in [5, 5.41) is 17.5. The number of nitrogens with zero attached hydrogens (tertiary/aromatic N) is 4. The van der Waals surface area contributed by atoms with Gasteiger partial charge in [0.25, 0.3) is 5.56 Å². The van der Waals surface area contributed by atoms with Gasteiger partial charge in [-0.25, -0.2) is 18.4 Å². The second-order valence-electron chi connectivity index (χ2n) is 10.4. The second kappa shape index (κ2) is 12.0. The molecule has 3 heterocycles. The van der Waals surface area contributed by atoms with Crippen molar-refractivity contribution in [3.05, 3.63) is 74.4 Å². The predicted octanol–water partition coefficient (Wildman–Crippen LogP) is 2.88. The van der Waals surface area contributed by atoms with Crippen LogP contribution in [0.2, 0.25) is 0 Å². The van der Waals surface area contributed by atoms with Gasteiger partial charge in [0.15, 0.2) is 0 Å². The van der Waals surface area contributed by atoms with E-state index in [0.29, 0.717) is 26.7 Å². The fourth-order valence-corrected chi connectivity index (χ4v) is 5.94. The lowest BCUT2D eigenvalue weighted by atomic mass is 10.0. The molecule has 11 nitrogen and oxygen atoms in total. The molecule has 0 unspecified atom stereocenters. The van der Waals surface area contributed by atoms with Crippen molar-refractivity contribution in [2.24, 2.45) is 0 Å². The van der Waals surface area contributed by atoms with Crippen molar-refractivity contribution >= 4 is 27.5 Å². The van der Waals surface area contributed by atoms with Gasteiger partial charge >= 0.3 is 5.69 Å². The van der Waals surface area contributed by atoms with Crippen LogP contribution in [0.3, 0.4) is 0 Å². The van der Waals surface area contributed by atoms with Gasteiger partial charge in [-0.1, -0.05) is 11.3 Å². The van der Waals surface area contributed by atoms with Gasteiger partial charge in [-0.15, -0.1) is 0 Å². The average molecular weight is 588 g/mol. The number of ether oxygens (including phenoxy) is 2. The summed E-state index contributed by atoms with van der Waals surface area (Å²) in [4.78, 5) is 41.9. The molecule has 13 heteroatoms. The molecule has 41 heavy (non-hydrogen) atoms. The third-order valence-electron chi connectivity index (χ3n) is 6.73. The third-order valence-corrected chi connectivity index (χ3v) is 8.04. The normalized spacial score (nSPS) is 12.7. The van der Waals surface area contributed by atoms with Gasteiger partial charge in [0.05, 0.1) is 32.3 Å². The van der Waals surface area contributed by atoms with Crippen molar-refractivity contribution in [1.29, 1.82) is 0 Å². The number of hydrogen-bond donors (Lipinski definition) is 2. The lowest BCUT2D eigenvalue weighted by molar-refractivity contribution is -0.129. The Morgan fingerprint density at radius 3 is 2.61 bits per heavy atom. The Morgan fingerprint density at radius 2 is 2.00 bits per heavy atom. The zero-order chi connectivity index (χ0) is 30.1. The molecule has 1 aromatic carbocycles. The summed E-state index contributed by atoms with van der Waals surface area (Å²) in [5.41, 5.74) is -2.03. The van der Waals surface area contributed by atoms with Crippen molar-refractivity contribution in [1.82, 2.24) is 24.2 Å². The Morgan fingerprint density at radius 1 is 1.27 bits per heavy atom. The van der Waals surface area contributed by atoms with Crippen LogP contribution in [0.1, 0.15) is 44.9 Å². The number of aromatic nitrogens is 4. The first-order chi connectivity index (χ1) is 19.4. The maximum absolute atomic E-state index is 14.4. The number of methoxy groups -OCH3 is 1. The van der Waals surface area contributed by atoms with Crippen LogP contribution in [-0.4, -0.2) is 56.3 Å². The van der Waals surface area contributed by atoms with E-state index in [9.17, 15) is 23.9 Å². The molecule has 4 aromatic rings. The van der Waals surface area contributed by atoms with E-state index in [1.54, 1.807) is 43.9 Å². The van der Waals surface area contributed by atoms with E-state index in [2.05, 4.69) is 10.4 Å².